The lowest BCUT2D eigenvalue weighted by Gasteiger charge is -2.25. The topological polar surface area (TPSA) is 82.3 Å². The van der Waals surface area contributed by atoms with E-state index >= 15 is 0 Å². The molecule has 0 aliphatic rings. The molecular weight excluding hydrogens is 1570 g/mol. The van der Waals surface area contributed by atoms with Crippen LogP contribution in [-0.2, 0) is 0 Å². The van der Waals surface area contributed by atoms with Crippen LogP contribution in [0.2, 0.25) is 0 Å². The van der Waals surface area contributed by atoms with E-state index in [1.165, 1.54) is 123 Å². The maximum atomic E-state index is 6.43. The van der Waals surface area contributed by atoms with Gasteiger partial charge in [0, 0.05) is 91.9 Å². The van der Waals surface area contributed by atoms with Crippen molar-refractivity contribution in [3.8, 4) is 79.0 Å². The molecule has 26 rings (SSSR count). The zero-order valence-electron chi connectivity index (χ0n) is 68.9. The van der Waals surface area contributed by atoms with Gasteiger partial charge in [-0.05, 0) is 250 Å². The second-order valence-electron chi connectivity index (χ2n) is 32.4. The second-order valence-corrected chi connectivity index (χ2v) is 33.5. The van der Waals surface area contributed by atoms with Gasteiger partial charge in [-0.2, -0.15) is 0 Å². The normalized spacial score (nSPS) is 11.7. The first-order valence-electron chi connectivity index (χ1n) is 42.9. The van der Waals surface area contributed by atoms with E-state index in [1.54, 1.807) is 7.11 Å². The Morgan fingerprint density at radius 1 is 0.236 bits per heavy atom. The molecule has 0 radical (unpaired) electrons. The predicted octanol–water partition coefficient (Wildman–Crippen LogP) is 32.9. The highest BCUT2D eigenvalue weighted by Gasteiger charge is 2.23. The molecule has 0 N–H and O–H groups in total. The van der Waals surface area contributed by atoms with E-state index in [0.717, 1.165) is 106 Å². The number of rotatable bonds is 11. The van der Waals surface area contributed by atoms with Gasteiger partial charge < -0.3 is 23.0 Å². The van der Waals surface area contributed by atoms with Gasteiger partial charge in [0.15, 0.2) is 17.5 Å². The fourth-order valence-electron chi connectivity index (χ4n) is 19.0. The highest BCUT2D eigenvalue weighted by molar-refractivity contribution is 7.25. The molecule has 0 spiro atoms. The van der Waals surface area contributed by atoms with Crippen LogP contribution in [0.5, 0.6) is 5.75 Å². The van der Waals surface area contributed by atoms with Gasteiger partial charge in [-0.3, -0.25) is 0 Å². The van der Waals surface area contributed by atoms with Crippen molar-refractivity contribution in [3.05, 3.63) is 437 Å². The van der Waals surface area contributed by atoms with E-state index < -0.39 is 0 Å². The molecule has 8 nitrogen and oxygen atoms in total. The summed E-state index contributed by atoms with van der Waals surface area (Å²) in [6, 6.07) is 155. The monoisotopic (exact) mass is 1640 g/mol. The number of para-hydroxylation sites is 5. The second kappa shape index (κ2) is 31.1. The van der Waals surface area contributed by atoms with Crippen LogP contribution in [-0.4, -0.2) is 26.6 Å². The largest absolute Gasteiger partial charge is 0.497 e. The van der Waals surface area contributed by atoms with Crippen LogP contribution in [0.25, 0.3) is 224 Å². The Kier molecular flexibility index (Phi) is 18.2. The lowest BCUT2D eigenvalue weighted by molar-refractivity contribution is 0.415. The van der Waals surface area contributed by atoms with Crippen LogP contribution >= 0.6 is 11.3 Å². The first-order valence-corrected chi connectivity index (χ1v) is 43.7. The number of nitrogens with zero attached hydrogens (tertiary/aromatic N) is 5. The Morgan fingerprint density at radius 3 is 1.30 bits per heavy atom. The smallest absolute Gasteiger partial charge is 0.164 e. The summed E-state index contributed by atoms with van der Waals surface area (Å²) in [5.74, 6) is 2.77. The van der Waals surface area contributed by atoms with E-state index in [0.29, 0.717) is 17.5 Å². The number of fused-ring (bicyclic) bond motifs is 21. The standard InChI is InChI=1S/C53H32N4O.C38H25NS.C27H18O2/c1-3-14-33(15-4-1)51-54-52(34-16-5-2-6-17-34)56-53(55-51)37-19-13-20-38(28-37)57-47-24-11-9-22-40(47)45-30-36(26-27-48(45)57)42-29-35-18-7-8-21-39(35)43-31-46-41-23-10-12-25-49(41)58-50(46)32-44(42)43;1-3-12-28(13-4-1)39(29-14-5-2-6-15-29)30-21-19-26(20-22-30)33-23-27-11-7-8-16-31(27)34-24-36-32-17-9-10-18-37(32)40-38(36)25-35(33)34;1-28-19-12-10-17(11-13-19)23-14-18-15-25-22-8-4-5-9-26(22)29-27(25)16-24(18)21-7-3-2-6-20(21)23/h1-32H;1-25H;2-16H,1H3. The maximum Gasteiger partial charge on any atom is 0.164 e. The number of ether oxygens (including phenoxy) is 1. The van der Waals surface area contributed by atoms with Crippen molar-refractivity contribution >= 4 is 179 Å². The lowest BCUT2D eigenvalue weighted by atomic mass is 9.91. The van der Waals surface area contributed by atoms with Crippen LogP contribution < -0.4 is 9.64 Å². The zero-order valence-corrected chi connectivity index (χ0v) is 69.8. The molecule has 0 aliphatic heterocycles. The summed E-state index contributed by atoms with van der Waals surface area (Å²) in [4.78, 5) is 17.3. The van der Waals surface area contributed by atoms with Gasteiger partial charge in [0.05, 0.1) is 18.1 Å². The number of anilines is 3. The van der Waals surface area contributed by atoms with Crippen molar-refractivity contribution in [3.63, 3.8) is 0 Å². The van der Waals surface area contributed by atoms with Crippen LogP contribution in [0.3, 0.4) is 0 Å². The molecule has 5 heterocycles. The van der Waals surface area contributed by atoms with Gasteiger partial charge in [0.2, 0.25) is 0 Å². The Bertz CT molecular complexity index is 8710. The number of thiophene rings is 1. The van der Waals surface area contributed by atoms with Crippen LogP contribution in [0.15, 0.2) is 446 Å². The van der Waals surface area contributed by atoms with Gasteiger partial charge in [-0.25, -0.2) is 15.0 Å². The van der Waals surface area contributed by atoms with Crippen LogP contribution in [0, 0.1) is 0 Å². The summed E-state index contributed by atoms with van der Waals surface area (Å²) in [5, 5.41) is 24.5. The quantitative estimate of drug-likeness (QED) is 0.119. The third kappa shape index (κ3) is 13.2. The molecule has 0 saturated heterocycles. The summed E-state index contributed by atoms with van der Waals surface area (Å²) in [6.07, 6.45) is 0. The molecule has 0 fully saturated rings. The van der Waals surface area contributed by atoms with Gasteiger partial charge in [-0.15, -0.1) is 11.3 Å². The summed E-state index contributed by atoms with van der Waals surface area (Å²) in [5.41, 5.74) is 20.4. The van der Waals surface area contributed by atoms with E-state index in [4.69, 9.17) is 28.5 Å². The highest BCUT2D eigenvalue weighted by atomic mass is 32.1. The Morgan fingerprint density at radius 2 is 0.677 bits per heavy atom. The zero-order chi connectivity index (χ0) is 84.0. The molecule has 0 saturated carbocycles. The van der Waals surface area contributed by atoms with Gasteiger partial charge in [0.25, 0.3) is 0 Å². The number of hydrogen-bond donors (Lipinski definition) is 0. The molecule has 0 atom stereocenters. The number of methoxy groups -OCH3 is 1. The summed E-state index contributed by atoms with van der Waals surface area (Å²) < 4.78 is 22.9. The predicted molar refractivity (Wildman–Crippen MR) is 533 cm³/mol. The number of benzene rings is 21. The minimum atomic E-state index is 0.624. The third-order valence-electron chi connectivity index (χ3n) is 25.0. The Balaban J connectivity index is 0.000000113. The molecule has 0 bridgehead atoms. The molecular formula is C118H75N5O3S. The van der Waals surface area contributed by atoms with Crippen molar-refractivity contribution in [2.45, 2.75) is 0 Å². The van der Waals surface area contributed by atoms with E-state index in [2.05, 4.69) is 349 Å². The van der Waals surface area contributed by atoms with Crippen molar-refractivity contribution in [1.82, 2.24) is 19.5 Å². The highest BCUT2D eigenvalue weighted by Crippen LogP contribution is 2.48. The number of hydrogen-bond acceptors (Lipinski definition) is 8. The molecule has 9 heteroatoms. The molecule has 26 aromatic rings. The number of aromatic nitrogens is 4. The minimum Gasteiger partial charge on any atom is -0.497 e. The summed E-state index contributed by atoms with van der Waals surface area (Å²) in [7, 11) is 1.70. The lowest BCUT2D eigenvalue weighted by Crippen LogP contribution is -2.09. The van der Waals surface area contributed by atoms with Gasteiger partial charge >= 0.3 is 0 Å². The minimum absolute atomic E-state index is 0.624. The fourth-order valence-corrected chi connectivity index (χ4v) is 20.1. The fraction of sp³-hybridized carbons (Fsp3) is 0.00847. The van der Waals surface area contributed by atoms with Crippen LogP contribution in [0.4, 0.5) is 17.1 Å². The molecule has 596 valence electrons. The van der Waals surface area contributed by atoms with Gasteiger partial charge in [-0.1, -0.05) is 285 Å². The molecule has 21 aromatic carbocycles. The van der Waals surface area contributed by atoms with E-state index in [1.807, 2.05) is 108 Å². The van der Waals surface area contributed by atoms with E-state index in [-0.39, 0.29) is 0 Å². The van der Waals surface area contributed by atoms with Crippen LogP contribution in [0.1, 0.15) is 0 Å². The van der Waals surface area contributed by atoms with E-state index in [9.17, 15) is 0 Å². The Hall–Kier alpha value is -16.6. The molecule has 0 aliphatic carbocycles. The Labute approximate surface area is 734 Å². The van der Waals surface area contributed by atoms with Gasteiger partial charge in [0.1, 0.15) is 28.1 Å². The molecule has 0 amide bonds. The first kappa shape index (κ1) is 74.3. The number of furan rings is 2. The molecule has 127 heavy (non-hydrogen) atoms. The average Bonchev–Trinajstić information content (AvgIpc) is 1.56. The SMILES string of the molecule is COc1ccc(-c2cc3cc4c(cc3c3ccccc23)oc2ccccc24)cc1.c1ccc(-c2nc(-c3ccccc3)nc(-c3cccc(-n4c5ccccc5c5cc(-c6cc7ccccc7c7cc8c(cc67)oc6ccccc68)ccc54)c3)n2)cc1.c1ccc(N(c2ccccc2)c2ccc(-c3cc4ccccc4c4cc5c(cc34)sc3ccccc35)cc2)cc1. The first-order chi connectivity index (χ1) is 62.9. The summed E-state index contributed by atoms with van der Waals surface area (Å²) in [6.45, 7) is 0. The van der Waals surface area contributed by atoms with Crippen molar-refractivity contribution < 1.29 is 13.6 Å². The maximum absolute atomic E-state index is 6.43. The molecule has 0 unspecified atom stereocenters. The molecule has 5 aromatic heterocycles. The average molecular weight is 1640 g/mol. The summed E-state index contributed by atoms with van der Waals surface area (Å²) >= 11 is 1.88. The third-order valence-corrected chi connectivity index (χ3v) is 26.1. The van der Waals surface area contributed by atoms with Crippen molar-refractivity contribution in [2.75, 3.05) is 12.0 Å². The van der Waals surface area contributed by atoms with Crippen molar-refractivity contribution in [2.24, 2.45) is 0 Å². The van der Waals surface area contributed by atoms with Crippen molar-refractivity contribution in [1.29, 1.82) is 0 Å².